The van der Waals surface area contributed by atoms with E-state index in [1.807, 2.05) is 12.1 Å². The van der Waals surface area contributed by atoms with Gasteiger partial charge in [-0.05, 0) is 42.8 Å². The Bertz CT molecular complexity index is 924. The van der Waals surface area contributed by atoms with Gasteiger partial charge in [-0.3, -0.25) is 0 Å². The number of ether oxygens (including phenoxy) is 1. The quantitative estimate of drug-likeness (QED) is 0.669. The summed E-state index contributed by atoms with van der Waals surface area (Å²) in [6.07, 6.45) is 0. The highest BCUT2D eigenvalue weighted by molar-refractivity contribution is 6.32. The van der Waals surface area contributed by atoms with Crippen LogP contribution in [0.25, 0.3) is 22.0 Å². The summed E-state index contributed by atoms with van der Waals surface area (Å²) in [5.41, 5.74) is 8.35. The lowest BCUT2D eigenvalue weighted by Crippen LogP contribution is -2.12. The van der Waals surface area contributed by atoms with Crippen molar-refractivity contribution in [3.63, 3.8) is 0 Å². The van der Waals surface area contributed by atoms with Crippen molar-refractivity contribution in [1.29, 1.82) is 0 Å². The second-order valence-electron chi connectivity index (χ2n) is 5.14. The fourth-order valence-corrected chi connectivity index (χ4v) is 2.88. The second kappa shape index (κ2) is 6.67. The molecule has 3 aromatic rings. The van der Waals surface area contributed by atoms with Gasteiger partial charge in [0.15, 0.2) is 0 Å². The molecule has 2 N–H and O–H groups in total. The average molecular weight is 361 g/mol. The Balaban J connectivity index is 2.39. The Kier molecular flexibility index (Phi) is 4.60. The molecular weight excluding hydrogens is 347 g/mol. The zero-order chi connectivity index (χ0) is 17.3. The van der Waals surface area contributed by atoms with Gasteiger partial charge in [0.1, 0.15) is 11.4 Å². The summed E-state index contributed by atoms with van der Waals surface area (Å²) >= 11 is 12.1. The van der Waals surface area contributed by atoms with Gasteiger partial charge in [-0.2, -0.15) is 0 Å². The molecule has 1 heterocycles. The van der Waals surface area contributed by atoms with Gasteiger partial charge in [0.05, 0.1) is 12.1 Å². The molecule has 6 heteroatoms. The Morgan fingerprint density at radius 2 is 1.79 bits per heavy atom. The molecule has 0 aliphatic heterocycles. The smallest absolute Gasteiger partial charge is 0.342 e. The van der Waals surface area contributed by atoms with E-state index in [1.54, 1.807) is 37.3 Å². The average Bonchev–Trinajstić information content (AvgIpc) is 2.55. The van der Waals surface area contributed by atoms with Gasteiger partial charge in [0.2, 0.25) is 0 Å². The molecule has 1 aromatic heterocycles. The van der Waals surface area contributed by atoms with Crippen LogP contribution < -0.4 is 5.73 Å². The summed E-state index contributed by atoms with van der Waals surface area (Å²) in [6.45, 7) is 1.98. The fraction of sp³-hybridized carbons (Fsp3) is 0.111. The first kappa shape index (κ1) is 16.6. The number of rotatable bonds is 3. The number of esters is 1. The standard InChI is InChI=1S/C18H14Cl2N2O2/c1-2-24-18(23)16-15(10-3-5-11(19)6-4-10)13-9-12(20)7-8-14(13)22-17(16)21/h3-9H,2H2,1H3,(H2,21,22). The molecule has 4 nitrogen and oxygen atoms in total. The van der Waals surface area contributed by atoms with E-state index >= 15 is 0 Å². The number of hydrogen-bond acceptors (Lipinski definition) is 4. The molecule has 24 heavy (non-hydrogen) atoms. The minimum atomic E-state index is -0.519. The molecule has 3 rings (SSSR count). The van der Waals surface area contributed by atoms with Gasteiger partial charge in [-0.1, -0.05) is 35.3 Å². The van der Waals surface area contributed by atoms with E-state index in [-0.39, 0.29) is 18.0 Å². The van der Waals surface area contributed by atoms with Gasteiger partial charge in [0, 0.05) is 21.0 Å². The maximum Gasteiger partial charge on any atom is 0.342 e. The van der Waals surface area contributed by atoms with Crippen LogP contribution in [-0.4, -0.2) is 17.6 Å². The molecule has 0 saturated carbocycles. The van der Waals surface area contributed by atoms with Crippen molar-refractivity contribution >= 4 is 45.9 Å². The summed E-state index contributed by atoms with van der Waals surface area (Å²) in [6, 6.07) is 12.4. The van der Waals surface area contributed by atoms with Gasteiger partial charge < -0.3 is 10.5 Å². The second-order valence-corrected chi connectivity index (χ2v) is 6.01. The van der Waals surface area contributed by atoms with Gasteiger partial charge >= 0.3 is 5.97 Å². The number of fused-ring (bicyclic) bond motifs is 1. The van der Waals surface area contributed by atoms with E-state index in [9.17, 15) is 4.79 Å². The van der Waals surface area contributed by atoms with Crippen molar-refractivity contribution in [3.8, 4) is 11.1 Å². The lowest BCUT2D eigenvalue weighted by molar-refractivity contribution is 0.0528. The molecule has 0 atom stereocenters. The number of benzene rings is 2. The summed E-state index contributed by atoms with van der Waals surface area (Å²) in [4.78, 5) is 16.8. The minimum absolute atomic E-state index is 0.119. The Morgan fingerprint density at radius 1 is 1.12 bits per heavy atom. The zero-order valence-corrected chi connectivity index (χ0v) is 14.4. The Morgan fingerprint density at radius 3 is 2.46 bits per heavy atom. The predicted molar refractivity (Wildman–Crippen MR) is 97.6 cm³/mol. The maximum absolute atomic E-state index is 12.5. The number of nitrogen functional groups attached to an aromatic ring is 1. The molecule has 0 aliphatic carbocycles. The number of halogens is 2. The highest BCUT2D eigenvalue weighted by atomic mass is 35.5. The zero-order valence-electron chi connectivity index (χ0n) is 12.8. The van der Waals surface area contributed by atoms with Crippen LogP contribution in [0.3, 0.4) is 0 Å². The molecule has 0 fully saturated rings. The summed E-state index contributed by atoms with van der Waals surface area (Å²) in [7, 11) is 0. The molecule has 0 radical (unpaired) electrons. The molecule has 122 valence electrons. The van der Waals surface area contributed by atoms with Crippen molar-refractivity contribution in [2.24, 2.45) is 0 Å². The van der Waals surface area contributed by atoms with E-state index in [1.165, 1.54) is 0 Å². The van der Waals surface area contributed by atoms with Crippen LogP contribution in [0.15, 0.2) is 42.5 Å². The van der Waals surface area contributed by atoms with Gasteiger partial charge in [0.25, 0.3) is 0 Å². The van der Waals surface area contributed by atoms with E-state index in [0.717, 1.165) is 10.9 Å². The Hall–Kier alpha value is -2.30. The third-order valence-corrected chi connectivity index (χ3v) is 4.07. The van der Waals surface area contributed by atoms with E-state index in [0.29, 0.717) is 21.1 Å². The highest BCUT2D eigenvalue weighted by Gasteiger charge is 2.22. The summed E-state index contributed by atoms with van der Waals surface area (Å²) < 4.78 is 5.16. The van der Waals surface area contributed by atoms with Crippen molar-refractivity contribution in [2.75, 3.05) is 12.3 Å². The highest BCUT2D eigenvalue weighted by Crippen LogP contribution is 2.36. The molecule has 2 aromatic carbocycles. The van der Waals surface area contributed by atoms with Crippen molar-refractivity contribution < 1.29 is 9.53 Å². The fourth-order valence-electron chi connectivity index (χ4n) is 2.58. The lowest BCUT2D eigenvalue weighted by atomic mass is 9.95. The molecule has 0 bridgehead atoms. The molecule has 0 spiro atoms. The van der Waals surface area contributed by atoms with Crippen LogP contribution in [0.2, 0.25) is 10.0 Å². The van der Waals surface area contributed by atoms with Crippen LogP contribution in [-0.2, 0) is 4.74 Å². The van der Waals surface area contributed by atoms with E-state index in [2.05, 4.69) is 4.98 Å². The molecule has 0 unspecified atom stereocenters. The monoisotopic (exact) mass is 360 g/mol. The number of carbonyl (C=O) groups is 1. The van der Waals surface area contributed by atoms with Crippen LogP contribution in [0, 0.1) is 0 Å². The van der Waals surface area contributed by atoms with Crippen LogP contribution in [0.5, 0.6) is 0 Å². The van der Waals surface area contributed by atoms with Crippen molar-refractivity contribution in [3.05, 3.63) is 58.1 Å². The number of anilines is 1. The topological polar surface area (TPSA) is 65.2 Å². The van der Waals surface area contributed by atoms with Crippen LogP contribution >= 0.6 is 23.2 Å². The SMILES string of the molecule is CCOC(=O)c1c(N)nc2ccc(Cl)cc2c1-c1ccc(Cl)cc1. The number of carbonyl (C=O) groups excluding carboxylic acids is 1. The predicted octanol–water partition coefficient (Wildman–Crippen LogP) is 4.97. The lowest BCUT2D eigenvalue weighted by Gasteiger charge is -2.15. The third-order valence-electron chi connectivity index (χ3n) is 3.59. The molecule has 0 amide bonds. The number of hydrogen-bond donors (Lipinski definition) is 1. The van der Waals surface area contributed by atoms with Crippen molar-refractivity contribution in [2.45, 2.75) is 6.92 Å². The van der Waals surface area contributed by atoms with E-state index in [4.69, 9.17) is 33.7 Å². The first-order chi connectivity index (χ1) is 11.5. The van der Waals surface area contributed by atoms with Gasteiger partial charge in [-0.15, -0.1) is 0 Å². The third kappa shape index (κ3) is 3.03. The minimum Gasteiger partial charge on any atom is -0.462 e. The molecular formula is C18H14Cl2N2O2. The Labute approximate surface area is 149 Å². The normalized spacial score (nSPS) is 10.8. The maximum atomic E-state index is 12.5. The molecule has 0 aliphatic rings. The number of aromatic nitrogens is 1. The summed E-state index contributed by atoms with van der Waals surface area (Å²) in [5.74, 6) is -0.400. The molecule has 0 saturated heterocycles. The first-order valence-corrected chi connectivity index (χ1v) is 8.08. The first-order valence-electron chi connectivity index (χ1n) is 7.33. The number of nitrogens with zero attached hydrogens (tertiary/aromatic N) is 1. The largest absolute Gasteiger partial charge is 0.462 e. The summed E-state index contributed by atoms with van der Waals surface area (Å²) in [5, 5.41) is 1.86. The van der Waals surface area contributed by atoms with E-state index < -0.39 is 5.97 Å². The van der Waals surface area contributed by atoms with Crippen molar-refractivity contribution in [1.82, 2.24) is 4.98 Å². The van der Waals surface area contributed by atoms with Crippen LogP contribution in [0.4, 0.5) is 5.82 Å². The number of nitrogens with two attached hydrogens (primary N) is 1. The number of pyridine rings is 1. The van der Waals surface area contributed by atoms with Gasteiger partial charge in [-0.25, -0.2) is 9.78 Å². The van der Waals surface area contributed by atoms with Crippen LogP contribution in [0.1, 0.15) is 17.3 Å².